The van der Waals surface area contributed by atoms with Gasteiger partial charge in [-0.1, -0.05) is 38.1 Å². The number of rotatable bonds is 3. The average molecular weight is 203 g/mol. The highest BCUT2D eigenvalue weighted by atomic mass is 14.8. The summed E-state index contributed by atoms with van der Waals surface area (Å²) in [4.78, 5) is 0. The summed E-state index contributed by atoms with van der Waals surface area (Å²) in [5.41, 5.74) is 3.57. The second kappa shape index (κ2) is 3.97. The van der Waals surface area contributed by atoms with Gasteiger partial charge in [0.25, 0.3) is 0 Å². The Labute approximate surface area is 92.9 Å². The summed E-state index contributed by atoms with van der Waals surface area (Å²) in [5.74, 6) is 0.723. The number of fused-ring (bicyclic) bond motifs is 1. The van der Waals surface area contributed by atoms with E-state index in [0.717, 1.165) is 12.5 Å². The van der Waals surface area contributed by atoms with Crippen LogP contribution in [0.3, 0.4) is 0 Å². The number of hydrogen-bond acceptors (Lipinski definition) is 1. The molecule has 82 valence electrons. The lowest BCUT2D eigenvalue weighted by atomic mass is 9.78. The van der Waals surface area contributed by atoms with Crippen LogP contribution in [0, 0.1) is 5.41 Å². The molecule has 0 radical (unpaired) electrons. The van der Waals surface area contributed by atoms with Crippen LogP contribution < -0.4 is 5.32 Å². The first-order valence-corrected chi connectivity index (χ1v) is 5.87. The maximum atomic E-state index is 3.26. The largest absolute Gasteiger partial charge is 0.320 e. The fourth-order valence-electron chi connectivity index (χ4n) is 2.91. The van der Waals surface area contributed by atoms with Gasteiger partial charge in [-0.25, -0.2) is 0 Å². The minimum Gasteiger partial charge on any atom is -0.320 e. The Morgan fingerprint density at radius 1 is 1.33 bits per heavy atom. The van der Waals surface area contributed by atoms with Crippen LogP contribution in [0.25, 0.3) is 0 Å². The molecule has 1 unspecified atom stereocenters. The van der Waals surface area contributed by atoms with Crippen molar-refractivity contribution >= 4 is 0 Å². The fraction of sp³-hybridized carbons (Fsp3) is 0.571. The average Bonchev–Trinajstić information content (AvgIpc) is 2.45. The third-order valence-corrected chi connectivity index (χ3v) is 3.70. The van der Waals surface area contributed by atoms with Crippen LogP contribution in [0.15, 0.2) is 24.3 Å². The van der Waals surface area contributed by atoms with Crippen LogP contribution in [0.2, 0.25) is 0 Å². The molecule has 1 aliphatic carbocycles. The highest BCUT2D eigenvalue weighted by molar-refractivity contribution is 5.37. The van der Waals surface area contributed by atoms with E-state index in [2.05, 4.69) is 43.4 Å². The van der Waals surface area contributed by atoms with Gasteiger partial charge < -0.3 is 5.32 Å². The highest BCUT2D eigenvalue weighted by Gasteiger charge is 2.37. The van der Waals surface area contributed by atoms with E-state index in [0.29, 0.717) is 5.41 Å². The third kappa shape index (κ3) is 1.93. The summed E-state index contributed by atoms with van der Waals surface area (Å²) in [6.07, 6.45) is 2.48. The summed E-state index contributed by atoms with van der Waals surface area (Å²) in [7, 11) is 2.04. The summed E-state index contributed by atoms with van der Waals surface area (Å²) in [6.45, 7) is 5.91. The monoisotopic (exact) mass is 203 g/mol. The van der Waals surface area contributed by atoms with Crippen LogP contribution in [0.4, 0.5) is 0 Å². The Kier molecular flexibility index (Phi) is 2.83. The van der Waals surface area contributed by atoms with E-state index in [1.54, 1.807) is 11.1 Å². The van der Waals surface area contributed by atoms with Gasteiger partial charge in [-0.05, 0) is 48.9 Å². The van der Waals surface area contributed by atoms with E-state index in [1.807, 2.05) is 7.05 Å². The van der Waals surface area contributed by atoms with Gasteiger partial charge in [-0.2, -0.15) is 0 Å². The van der Waals surface area contributed by atoms with E-state index in [4.69, 9.17) is 0 Å². The molecule has 1 aromatic rings. The van der Waals surface area contributed by atoms with Gasteiger partial charge in [0.1, 0.15) is 0 Å². The third-order valence-electron chi connectivity index (χ3n) is 3.70. The molecule has 2 rings (SSSR count). The van der Waals surface area contributed by atoms with Crippen molar-refractivity contribution in [2.75, 3.05) is 13.6 Å². The Hall–Kier alpha value is -0.820. The lowest BCUT2D eigenvalue weighted by Crippen LogP contribution is -2.21. The summed E-state index contributed by atoms with van der Waals surface area (Å²) in [6, 6.07) is 8.93. The molecule has 1 atom stereocenters. The Balaban J connectivity index is 2.26. The molecular formula is C14H21N. The molecule has 0 aliphatic heterocycles. The molecule has 1 heteroatoms. The standard InChI is InChI=1S/C14H21N/c1-14(2)10-11-6-4-5-7-12(11)13(14)8-9-15-3/h4-7,13,15H,8-10H2,1-3H3. The summed E-state index contributed by atoms with van der Waals surface area (Å²) in [5, 5.41) is 3.26. The number of hydrogen-bond donors (Lipinski definition) is 1. The van der Waals surface area contributed by atoms with Gasteiger partial charge >= 0.3 is 0 Å². The SMILES string of the molecule is CNCCC1c2ccccc2CC1(C)C. The molecule has 0 heterocycles. The fourth-order valence-corrected chi connectivity index (χ4v) is 2.91. The first kappa shape index (κ1) is 10.7. The molecule has 0 saturated heterocycles. The Morgan fingerprint density at radius 3 is 2.80 bits per heavy atom. The summed E-state index contributed by atoms with van der Waals surface area (Å²) >= 11 is 0. The maximum Gasteiger partial charge on any atom is -0.00459 e. The van der Waals surface area contributed by atoms with Crippen molar-refractivity contribution in [3.05, 3.63) is 35.4 Å². The second-order valence-electron chi connectivity index (χ2n) is 5.31. The number of benzene rings is 1. The second-order valence-corrected chi connectivity index (χ2v) is 5.31. The van der Waals surface area contributed by atoms with Crippen LogP contribution in [0.5, 0.6) is 0 Å². The van der Waals surface area contributed by atoms with E-state index in [1.165, 1.54) is 12.8 Å². The van der Waals surface area contributed by atoms with Crippen molar-refractivity contribution < 1.29 is 0 Å². The van der Waals surface area contributed by atoms with E-state index in [9.17, 15) is 0 Å². The highest BCUT2D eigenvalue weighted by Crippen LogP contribution is 2.48. The van der Waals surface area contributed by atoms with Crippen LogP contribution in [-0.4, -0.2) is 13.6 Å². The van der Waals surface area contributed by atoms with Gasteiger partial charge in [0, 0.05) is 0 Å². The lowest BCUT2D eigenvalue weighted by molar-refractivity contribution is 0.298. The maximum absolute atomic E-state index is 3.26. The van der Waals surface area contributed by atoms with Crippen LogP contribution in [-0.2, 0) is 6.42 Å². The molecule has 0 saturated carbocycles. The molecule has 1 aliphatic rings. The van der Waals surface area contributed by atoms with Gasteiger partial charge in [0.15, 0.2) is 0 Å². The molecule has 1 aromatic carbocycles. The molecule has 0 spiro atoms. The van der Waals surface area contributed by atoms with Crippen molar-refractivity contribution in [2.24, 2.45) is 5.41 Å². The Morgan fingerprint density at radius 2 is 2.07 bits per heavy atom. The van der Waals surface area contributed by atoms with Crippen molar-refractivity contribution in [3.63, 3.8) is 0 Å². The van der Waals surface area contributed by atoms with Crippen molar-refractivity contribution in [3.8, 4) is 0 Å². The Bertz CT molecular complexity index is 341. The molecule has 0 bridgehead atoms. The molecule has 1 nitrogen and oxygen atoms in total. The predicted molar refractivity (Wildman–Crippen MR) is 65.2 cm³/mol. The van der Waals surface area contributed by atoms with E-state index >= 15 is 0 Å². The van der Waals surface area contributed by atoms with E-state index in [-0.39, 0.29) is 0 Å². The topological polar surface area (TPSA) is 12.0 Å². The molecule has 1 N–H and O–H groups in total. The van der Waals surface area contributed by atoms with Crippen LogP contribution in [0.1, 0.15) is 37.3 Å². The smallest absolute Gasteiger partial charge is 0.00459 e. The first-order valence-electron chi connectivity index (χ1n) is 5.87. The lowest BCUT2D eigenvalue weighted by Gasteiger charge is -2.27. The molecule has 0 fully saturated rings. The van der Waals surface area contributed by atoms with Gasteiger partial charge in [0.05, 0.1) is 0 Å². The zero-order valence-corrected chi connectivity index (χ0v) is 10.0. The van der Waals surface area contributed by atoms with Gasteiger partial charge in [-0.15, -0.1) is 0 Å². The normalized spacial score (nSPS) is 22.7. The van der Waals surface area contributed by atoms with Gasteiger partial charge in [0.2, 0.25) is 0 Å². The minimum atomic E-state index is 0.431. The van der Waals surface area contributed by atoms with Crippen molar-refractivity contribution in [1.82, 2.24) is 5.32 Å². The molecule has 0 amide bonds. The zero-order chi connectivity index (χ0) is 10.9. The van der Waals surface area contributed by atoms with Crippen molar-refractivity contribution in [2.45, 2.75) is 32.6 Å². The first-order chi connectivity index (χ1) is 7.15. The molecule has 15 heavy (non-hydrogen) atoms. The predicted octanol–water partition coefficient (Wildman–Crippen LogP) is 2.96. The number of nitrogens with one attached hydrogen (secondary N) is 1. The quantitative estimate of drug-likeness (QED) is 0.796. The van der Waals surface area contributed by atoms with Crippen molar-refractivity contribution in [1.29, 1.82) is 0 Å². The van der Waals surface area contributed by atoms with Gasteiger partial charge in [-0.3, -0.25) is 0 Å². The van der Waals surface area contributed by atoms with Crippen LogP contribution >= 0.6 is 0 Å². The van der Waals surface area contributed by atoms with E-state index < -0.39 is 0 Å². The minimum absolute atomic E-state index is 0.431. The molecular weight excluding hydrogens is 182 g/mol. The zero-order valence-electron chi connectivity index (χ0n) is 10.0. The molecule has 0 aromatic heterocycles. The summed E-state index contributed by atoms with van der Waals surface area (Å²) < 4.78 is 0.